The molecule has 25 heavy (non-hydrogen) atoms. The molecule has 1 saturated heterocycles. The number of aromatic nitrogens is 2. The molecule has 0 bridgehead atoms. The van der Waals surface area contributed by atoms with Crippen LogP contribution in [-0.2, 0) is 17.7 Å². The summed E-state index contributed by atoms with van der Waals surface area (Å²) < 4.78 is 5.51. The van der Waals surface area contributed by atoms with E-state index >= 15 is 0 Å². The SMILES string of the molecule is CCc1cc(NCc2cccc(C(=O)N3CCO[C@@H](C)C3)c2)ncn1. The van der Waals surface area contributed by atoms with Crippen molar-refractivity contribution < 1.29 is 9.53 Å². The monoisotopic (exact) mass is 340 g/mol. The van der Waals surface area contributed by atoms with Crippen LogP contribution in [0, 0.1) is 0 Å². The Morgan fingerprint density at radius 3 is 3.04 bits per heavy atom. The molecule has 3 rings (SSSR count). The summed E-state index contributed by atoms with van der Waals surface area (Å²) in [4.78, 5) is 23.0. The second-order valence-electron chi connectivity index (χ2n) is 6.23. The molecule has 132 valence electrons. The summed E-state index contributed by atoms with van der Waals surface area (Å²) in [5.74, 6) is 0.859. The fourth-order valence-corrected chi connectivity index (χ4v) is 2.88. The number of aryl methyl sites for hydroxylation is 1. The van der Waals surface area contributed by atoms with Gasteiger partial charge < -0.3 is 15.0 Å². The van der Waals surface area contributed by atoms with Gasteiger partial charge in [-0.3, -0.25) is 4.79 Å². The van der Waals surface area contributed by atoms with Gasteiger partial charge in [0.1, 0.15) is 12.1 Å². The van der Waals surface area contributed by atoms with Crippen LogP contribution in [-0.4, -0.2) is 46.6 Å². The van der Waals surface area contributed by atoms with Crippen LogP contribution in [0.25, 0.3) is 0 Å². The van der Waals surface area contributed by atoms with Gasteiger partial charge in [0.15, 0.2) is 0 Å². The molecule has 1 aliphatic rings. The van der Waals surface area contributed by atoms with Crippen molar-refractivity contribution in [2.45, 2.75) is 32.9 Å². The van der Waals surface area contributed by atoms with E-state index in [9.17, 15) is 4.79 Å². The number of ether oxygens (including phenoxy) is 1. The first-order chi connectivity index (χ1) is 12.2. The third-order valence-electron chi connectivity index (χ3n) is 4.26. The second-order valence-corrected chi connectivity index (χ2v) is 6.23. The predicted octanol–water partition coefficient (Wildman–Crippen LogP) is 2.51. The van der Waals surface area contributed by atoms with Gasteiger partial charge in [-0.1, -0.05) is 19.1 Å². The Labute approximate surface area is 148 Å². The standard InChI is InChI=1S/C19H24N4O2/c1-3-17-10-18(22-13-21-17)20-11-15-5-4-6-16(9-15)19(24)23-7-8-25-14(2)12-23/h4-6,9-10,13-14H,3,7-8,11-12H2,1-2H3,(H,20,21,22)/t14-/m0/s1. The molecule has 2 heterocycles. The highest BCUT2D eigenvalue weighted by Gasteiger charge is 2.22. The van der Waals surface area contributed by atoms with Gasteiger partial charge in [-0.25, -0.2) is 9.97 Å². The lowest BCUT2D eigenvalue weighted by Gasteiger charge is -2.31. The fourth-order valence-electron chi connectivity index (χ4n) is 2.88. The van der Waals surface area contributed by atoms with Crippen LogP contribution in [0.1, 0.15) is 35.5 Å². The Kier molecular flexibility index (Phi) is 5.60. The largest absolute Gasteiger partial charge is 0.375 e. The van der Waals surface area contributed by atoms with Gasteiger partial charge in [-0.15, -0.1) is 0 Å². The topological polar surface area (TPSA) is 67.4 Å². The van der Waals surface area contributed by atoms with Gasteiger partial charge >= 0.3 is 0 Å². The molecule has 1 atom stereocenters. The van der Waals surface area contributed by atoms with Crippen molar-refractivity contribution in [3.63, 3.8) is 0 Å². The summed E-state index contributed by atoms with van der Waals surface area (Å²) in [6, 6.07) is 9.69. The molecule has 1 amide bonds. The van der Waals surface area contributed by atoms with Crippen LogP contribution in [0.3, 0.4) is 0 Å². The lowest BCUT2D eigenvalue weighted by molar-refractivity contribution is -0.0124. The normalized spacial score (nSPS) is 17.4. The number of amides is 1. The van der Waals surface area contributed by atoms with Crippen LogP contribution in [0.2, 0.25) is 0 Å². The Balaban J connectivity index is 1.65. The van der Waals surface area contributed by atoms with E-state index in [0.717, 1.165) is 23.5 Å². The minimum Gasteiger partial charge on any atom is -0.375 e. The van der Waals surface area contributed by atoms with E-state index in [0.29, 0.717) is 31.8 Å². The number of carbonyl (C=O) groups is 1. The van der Waals surface area contributed by atoms with E-state index in [2.05, 4.69) is 22.2 Å². The number of carbonyl (C=O) groups excluding carboxylic acids is 1. The highest BCUT2D eigenvalue weighted by Crippen LogP contribution is 2.14. The molecule has 0 saturated carbocycles. The first kappa shape index (κ1) is 17.4. The maximum absolute atomic E-state index is 12.7. The van der Waals surface area contributed by atoms with E-state index in [4.69, 9.17) is 4.74 Å². The molecular weight excluding hydrogens is 316 g/mol. The average molecular weight is 340 g/mol. The smallest absolute Gasteiger partial charge is 0.254 e. The van der Waals surface area contributed by atoms with E-state index in [1.54, 1.807) is 6.33 Å². The Hall–Kier alpha value is -2.47. The number of benzene rings is 1. The summed E-state index contributed by atoms with van der Waals surface area (Å²) in [5, 5.41) is 3.29. The van der Waals surface area contributed by atoms with Crippen molar-refractivity contribution in [1.82, 2.24) is 14.9 Å². The van der Waals surface area contributed by atoms with E-state index in [1.807, 2.05) is 42.2 Å². The zero-order valence-electron chi connectivity index (χ0n) is 14.7. The van der Waals surface area contributed by atoms with E-state index in [1.165, 1.54) is 0 Å². The van der Waals surface area contributed by atoms with Gasteiger partial charge in [0.05, 0.1) is 12.7 Å². The number of nitrogens with one attached hydrogen (secondary N) is 1. The first-order valence-corrected chi connectivity index (χ1v) is 8.70. The molecule has 2 aromatic rings. The lowest BCUT2D eigenvalue weighted by Crippen LogP contribution is -2.44. The molecular formula is C19H24N4O2. The molecule has 0 spiro atoms. The van der Waals surface area contributed by atoms with Gasteiger partial charge in [0, 0.05) is 37.0 Å². The van der Waals surface area contributed by atoms with Crippen LogP contribution in [0.4, 0.5) is 5.82 Å². The summed E-state index contributed by atoms with van der Waals surface area (Å²) in [6.45, 7) is 6.55. The zero-order valence-corrected chi connectivity index (χ0v) is 14.7. The van der Waals surface area contributed by atoms with E-state index < -0.39 is 0 Å². The molecule has 6 heteroatoms. The molecule has 0 radical (unpaired) electrons. The molecule has 0 aliphatic carbocycles. The second kappa shape index (κ2) is 8.07. The molecule has 1 N–H and O–H groups in total. The summed E-state index contributed by atoms with van der Waals surface area (Å²) in [5.41, 5.74) is 2.76. The maximum atomic E-state index is 12.7. The molecule has 6 nitrogen and oxygen atoms in total. The minimum absolute atomic E-state index is 0.0623. The summed E-state index contributed by atoms with van der Waals surface area (Å²) >= 11 is 0. The van der Waals surface area contributed by atoms with Crippen molar-refractivity contribution in [3.05, 3.63) is 53.5 Å². The highest BCUT2D eigenvalue weighted by molar-refractivity contribution is 5.94. The van der Waals surface area contributed by atoms with Gasteiger partial charge in [-0.05, 0) is 31.0 Å². The zero-order chi connectivity index (χ0) is 17.6. The molecule has 1 aromatic heterocycles. The van der Waals surface area contributed by atoms with Crippen molar-refractivity contribution >= 4 is 11.7 Å². The van der Waals surface area contributed by atoms with Gasteiger partial charge in [-0.2, -0.15) is 0 Å². The highest BCUT2D eigenvalue weighted by atomic mass is 16.5. The third kappa shape index (κ3) is 4.54. The Morgan fingerprint density at radius 2 is 2.24 bits per heavy atom. The van der Waals surface area contributed by atoms with Crippen LogP contribution >= 0.6 is 0 Å². The summed E-state index contributed by atoms with van der Waals surface area (Å²) in [6.07, 6.45) is 2.54. The number of hydrogen-bond acceptors (Lipinski definition) is 5. The van der Waals surface area contributed by atoms with Crippen molar-refractivity contribution in [1.29, 1.82) is 0 Å². The molecule has 1 aliphatic heterocycles. The number of rotatable bonds is 5. The van der Waals surface area contributed by atoms with Crippen molar-refractivity contribution in [2.75, 3.05) is 25.0 Å². The molecule has 1 fully saturated rings. The van der Waals surface area contributed by atoms with Crippen LogP contribution in [0.5, 0.6) is 0 Å². The van der Waals surface area contributed by atoms with Crippen molar-refractivity contribution in [3.8, 4) is 0 Å². The Bertz CT molecular complexity index is 735. The molecule has 1 aromatic carbocycles. The van der Waals surface area contributed by atoms with Crippen molar-refractivity contribution in [2.24, 2.45) is 0 Å². The first-order valence-electron chi connectivity index (χ1n) is 8.70. The lowest BCUT2D eigenvalue weighted by atomic mass is 10.1. The number of hydrogen-bond donors (Lipinski definition) is 1. The number of nitrogens with zero attached hydrogens (tertiary/aromatic N) is 3. The minimum atomic E-state index is 0.0623. The summed E-state index contributed by atoms with van der Waals surface area (Å²) in [7, 11) is 0. The van der Waals surface area contributed by atoms with Gasteiger partial charge in [0.2, 0.25) is 0 Å². The Morgan fingerprint density at radius 1 is 1.36 bits per heavy atom. The molecule has 0 unspecified atom stereocenters. The van der Waals surface area contributed by atoms with Gasteiger partial charge in [0.25, 0.3) is 5.91 Å². The van der Waals surface area contributed by atoms with E-state index in [-0.39, 0.29) is 12.0 Å². The van der Waals surface area contributed by atoms with Crippen LogP contribution in [0.15, 0.2) is 36.7 Å². The number of morpholine rings is 1. The maximum Gasteiger partial charge on any atom is 0.254 e. The third-order valence-corrected chi connectivity index (χ3v) is 4.26. The quantitative estimate of drug-likeness (QED) is 0.906. The fraction of sp³-hybridized carbons (Fsp3) is 0.421. The average Bonchev–Trinajstić information content (AvgIpc) is 2.66. The number of anilines is 1. The predicted molar refractivity (Wildman–Crippen MR) is 96.5 cm³/mol. The van der Waals surface area contributed by atoms with Crippen LogP contribution < -0.4 is 5.32 Å².